The van der Waals surface area contributed by atoms with Crippen molar-refractivity contribution in [3.8, 4) is 0 Å². The number of halogens is 1. The third-order valence-electron chi connectivity index (χ3n) is 4.66. The lowest BCUT2D eigenvalue weighted by Gasteiger charge is -2.21. The molecule has 0 radical (unpaired) electrons. The Morgan fingerprint density at radius 2 is 1.97 bits per heavy atom. The van der Waals surface area contributed by atoms with Gasteiger partial charge in [-0.15, -0.1) is 0 Å². The average molecular weight is 442 g/mol. The number of pyridine rings is 1. The number of carboxylic acid groups (broad SMARTS) is 1. The van der Waals surface area contributed by atoms with E-state index < -0.39 is 11.9 Å². The number of hydrogen-bond donors (Lipinski definition) is 2. The van der Waals surface area contributed by atoms with Crippen molar-refractivity contribution in [1.29, 1.82) is 0 Å². The Morgan fingerprint density at radius 1 is 1.23 bits per heavy atom. The molecule has 0 spiro atoms. The summed E-state index contributed by atoms with van der Waals surface area (Å²) in [6.45, 7) is 5.22. The van der Waals surface area contributed by atoms with Crippen LogP contribution >= 0.6 is 11.6 Å². The molecule has 0 aliphatic carbocycles. The van der Waals surface area contributed by atoms with Crippen LogP contribution in [0.15, 0.2) is 42.6 Å². The standard InChI is InChI=1S/C22H24ClN5O3/c1-4-9-28-16(10-14(2)26-28)13-27(3)20-18(22(30)31)11-15(12-24-20)25-21(29)17-7-5-6-8-19(17)23/h5-8,10-12H,4,9,13H2,1-3H3,(H,25,29)(H,30,31). The number of anilines is 2. The van der Waals surface area contributed by atoms with E-state index in [0.717, 1.165) is 24.4 Å². The first-order valence-electron chi connectivity index (χ1n) is 9.83. The van der Waals surface area contributed by atoms with Crippen LogP contribution in [-0.2, 0) is 13.1 Å². The van der Waals surface area contributed by atoms with Gasteiger partial charge >= 0.3 is 5.97 Å². The highest BCUT2D eigenvalue weighted by atomic mass is 35.5. The third kappa shape index (κ3) is 5.21. The number of aromatic nitrogens is 3. The molecule has 31 heavy (non-hydrogen) atoms. The Bertz CT molecular complexity index is 1110. The lowest BCUT2D eigenvalue weighted by Crippen LogP contribution is -2.23. The summed E-state index contributed by atoms with van der Waals surface area (Å²) < 4.78 is 1.92. The van der Waals surface area contributed by atoms with E-state index in [-0.39, 0.29) is 11.3 Å². The van der Waals surface area contributed by atoms with Gasteiger partial charge in [-0.3, -0.25) is 9.48 Å². The SMILES string of the molecule is CCCn1nc(C)cc1CN(C)c1ncc(NC(=O)c2ccccc2Cl)cc1C(=O)O. The van der Waals surface area contributed by atoms with Gasteiger partial charge in [0.25, 0.3) is 5.91 Å². The number of carbonyl (C=O) groups is 2. The van der Waals surface area contributed by atoms with Crippen LogP contribution in [0.25, 0.3) is 0 Å². The first-order chi connectivity index (χ1) is 14.8. The van der Waals surface area contributed by atoms with Gasteiger partial charge < -0.3 is 15.3 Å². The number of rotatable bonds is 8. The molecule has 0 fully saturated rings. The van der Waals surface area contributed by atoms with Crippen molar-refractivity contribution in [3.05, 3.63) is 70.1 Å². The summed E-state index contributed by atoms with van der Waals surface area (Å²) in [6.07, 6.45) is 2.37. The van der Waals surface area contributed by atoms with Crippen LogP contribution in [0.5, 0.6) is 0 Å². The van der Waals surface area contributed by atoms with Crippen LogP contribution in [0.2, 0.25) is 5.02 Å². The quantitative estimate of drug-likeness (QED) is 0.542. The lowest BCUT2D eigenvalue weighted by atomic mass is 10.2. The summed E-state index contributed by atoms with van der Waals surface area (Å²) in [4.78, 5) is 30.5. The zero-order valence-electron chi connectivity index (χ0n) is 17.6. The molecule has 9 heteroatoms. The number of amides is 1. The van der Waals surface area contributed by atoms with Gasteiger partial charge in [0.05, 0.1) is 40.4 Å². The third-order valence-corrected chi connectivity index (χ3v) is 4.98. The van der Waals surface area contributed by atoms with E-state index in [1.165, 1.54) is 12.3 Å². The molecular formula is C22H24ClN5O3. The van der Waals surface area contributed by atoms with Crippen LogP contribution in [0.3, 0.4) is 0 Å². The molecule has 0 atom stereocenters. The van der Waals surface area contributed by atoms with Crippen LogP contribution < -0.4 is 10.2 Å². The zero-order chi connectivity index (χ0) is 22.5. The first kappa shape index (κ1) is 22.3. The highest BCUT2D eigenvalue weighted by Crippen LogP contribution is 2.24. The summed E-state index contributed by atoms with van der Waals surface area (Å²) in [5.41, 5.74) is 2.42. The van der Waals surface area contributed by atoms with Gasteiger partial charge in [-0.1, -0.05) is 30.7 Å². The van der Waals surface area contributed by atoms with E-state index in [9.17, 15) is 14.7 Å². The number of benzene rings is 1. The highest BCUT2D eigenvalue weighted by molar-refractivity contribution is 6.34. The fraction of sp³-hybridized carbons (Fsp3) is 0.273. The van der Waals surface area contributed by atoms with Gasteiger partial charge in [-0.05, 0) is 37.6 Å². The van der Waals surface area contributed by atoms with Gasteiger partial charge in [0.2, 0.25) is 0 Å². The number of carboxylic acids is 1. The molecule has 2 heterocycles. The van der Waals surface area contributed by atoms with E-state index in [2.05, 4.69) is 22.3 Å². The predicted octanol–water partition coefficient (Wildman–Crippen LogP) is 4.24. The van der Waals surface area contributed by atoms with Crippen molar-refractivity contribution < 1.29 is 14.7 Å². The van der Waals surface area contributed by atoms with Crippen molar-refractivity contribution in [2.24, 2.45) is 0 Å². The molecule has 1 aromatic carbocycles. The molecule has 1 amide bonds. The van der Waals surface area contributed by atoms with Gasteiger partial charge in [0.15, 0.2) is 0 Å². The molecule has 3 rings (SSSR count). The molecule has 0 aliphatic heterocycles. The number of aromatic carboxylic acids is 1. The van der Waals surface area contributed by atoms with Crippen molar-refractivity contribution >= 4 is 35.0 Å². The van der Waals surface area contributed by atoms with Gasteiger partial charge in [-0.25, -0.2) is 9.78 Å². The van der Waals surface area contributed by atoms with Gasteiger partial charge in [0.1, 0.15) is 11.4 Å². The Labute approximate surface area is 185 Å². The smallest absolute Gasteiger partial charge is 0.339 e. The zero-order valence-corrected chi connectivity index (χ0v) is 18.3. The maximum absolute atomic E-state index is 12.5. The molecule has 0 aliphatic rings. The minimum Gasteiger partial charge on any atom is -0.478 e. The van der Waals surface area contributed by atoms with E-state index in [0.29, 0.717) is 22.9 Å². The summed E-state index contributed by atoms with van der Waals surface area (Å²) in [5.74, 6) is -1.28. The van der Waals surface area contributed by atoms with Crippen LogP contribution in [0.1, 0.15) is 45.4 Å². The molecule has 0 unspecified atom stereocenters. The first-order valence-corrected chi connectivity index (χ1v) is 10.2. The summed E-state index contributed by atoms with van der Waals surface area (Å²) in [7, 11) is 1.77. The number of nitrogens with zero attached hydrogens (tertiary/aromatic N) is 4. The van der Waals surface area contributed by atoms with Gasteiger partial charge in [-0.2, -0.15) is 5.10 Å². The number of hydrogen-bond acceptors (Lipinski definition) is 5. The Morgan fingerprint density at radius 3 is 2.65 bits per heavy atom. The maximum atomic E-state index is 12.5. The number of aryl methyl sites for hydroxylation is 2. The summed E-state index contributed by atoms with van der Waals surface area (Å²) in [6, 6.07) is 10.00. The second-order valence-corrected chi connectivity index (χ2v) is 7.60. The molecule has 2 N–H and O–H groups in total. The monoisotopic (exact) mass is 441 g/mol. The summed E-state index contributed by atoms with van der Waals surface area (Å²) >= 11 is 6.06. The van der Waals surface area contributed by atoms with Crippen LogP contribution in [0, 0.1) is 6.92 Å². The fourth-order valence-electron chi connectivity index (χ4n) is 3.28. The lowest BCUT2D eigenvalue weighted by molar-refractivity contribution is 0.0696. The second-order valence-electron chi connectivity index (χ2n) is 7.19. The molecule has 2 aromatic heterocycles. The van der Waals surface area contributed by atoms with Crippen molar-refractivity contribution in [3.63, 3.8) is 0 Å². The summed E-state index contributed by atoms with van der Waals surface area (Å²) in [5, 5.41) is 17.2. The molecule has 3 aromatic rings. The molecule has 0 saturated carbocycles. The van der Waals surface area contributed by atoms with Crippen molar-refractivity contribution in [2.75, 3.05) is 17.3 Å². The van der Waals surface area contributed by atoms with Crippen LogP contribution in [-0.4, -0.2) is 38.8 Å². The second kappa shape index (κ2) is 9.61. The number of nitrogens with one attached hydrogen (secondary N) is 1. The minimum absolute atomic E-state index is 0.0160. The maximum Gasteiger partial charge on any atom is 0.339 e. The Hall–Kier alpha value is -3.39. The fourth-order valence-corrected chi connectivity index (χ4v) is 3.50. The topological polar surface area (TPSA) is 100 Å². The van der Waals surface area contributed by atoms with Crippen molar-refractivity contribution in [1.82, 2.24) is 14.8 Å². The highest BCUT2D eigenvalue weighted by Gasteiger charge is 2.19. The van der Waals surface area contributed by atoms with Gasteiger partial charge in [0, 0.05) is 13.6 Å². The largest absolute Gasteiger partial charge is 0.478 e. The van der Waals surface area contributed by atoms with E-state index in [4.69, 9.17) is 11.6 Å². The Balaban J connectivity index is 1.84. The molecular weight excluding hydrogens is 418 g/mol. The van der Waals surface area contributed by atoms with Crippen LogP contribution in [0.4, 0.5) is 11.5 Å². The normalized spacial score (nSPS) is 10.7. The van der Waals surface area contributed by atoms with E-state index in [1.807, 2.05) is 17.7 Å². The average Bonchev–Trinajstić information content (AvgIpc) is 3.07. The molecule has 162 valence electrons. The molecule has 8 nitrogen and oxygen atoms in total. The minimum atomic E-state index is -1.14. The number of carbonyl (C=O) groups excluding carboxylic acids is 1. The molecule has 0 bridgehead atoms. The van der Waals surface area contributed by atoms with E-state index in [1.54, 1.807) is 36.2 Å². The Kier molecular flexibility index (Phi) is 6.91. The van der Waals surface area contributed by atoms with E-state index >= 15 is 0 Å². The van der Waals surface area contributed by atoms with Crippen molar-refractivity contribution in [2.45, 2.75) is 33.4 Å². The molecule has 0 saturated heterocycles. The predicted molar refractivity (Wildman–Crippen MR) is 120 cm³/mol.